The fourth-order valence-corrected chi connectivity index (χ4v) is 2.64. The number of aromatic nitrogens is 2. The molecule has 1 aromatic carbocycles. The molecule has 0 spiro atoms. The van der Waals surface area contributed by atoms with Gasteiger partial charge in [-0.15, -0.1) is 0 Å². The zero-order chi connectivity index (χ0) is 21.9. The number of aliphatic carboxylic acids is 1. The third-order valence-corrected chi connectivity index (χ3v) is 4.16. The normalized spacial score (nSPS) is 12.4. The van der Waals surface area contributed by atoms with Crippen molar-refractivity contribution < 1.29 is 24.3 Å². The molecule has 0 radical (unpaired) electrons. The fourth-order valence-electron chi connectivity index (χ4n) is 2.64. The van der Waals surface area contributed by atoms with Crippen molar-refractivity contribution in [2.24, 2.45) is 5.73 Å². The average Bonchev–Trinajstić information content (AvgIpc) is 3.24. The van der Waals surface area contributed by atoms with Gasteiger partial charge in [0.2, 0.25) is 17.7 Å². The first-order valence-corrected chi connectivity index (χ1v) is 9.19. The van der Waals surface area contributed by atoms with Crippen LogP contribution >= 0.6 is 0 Å². The number of carbonyl (C=O) groups is 4. The molecule has 11 nitrogen and oxygen atoms in total. The van der Waals surface area contributed by atoms with Gasteiger partial charge in [0.25, 0.3) is 0 Å². The maximum atomic E-state index is 12.8. The molecule has 2 rings (SSSR count). The zero-order valence-corrected chi connectivity index (χ0v) is 16.1. The molecule has 2 unspecified atom stereocenters. The van der Waals surface area contributed by atoms with Crippen LogP contribution in [-0.4, -0.2) is 63.9 Å². The second-order valence-electron chi connectivity index (χ2n) is 6.47. The first-order chi connectivity index (χ1) is 14.4. The quantitative estimate of drug-likeness (QED) is 0.253. The predicted octanol–water partition coefficient (Wildman–Crippen LogP) is -1.68. The largest absolute Gasteiger partial charge is 0.480 e. The Morgan fingerprint density at radius 3 is 2.37 bits per heavy atom. The highest BCUT2D eigenvalue weighted by Crippen LogP contribution is 2.05. The molecule has 0 saturated carbocycles. The number of benzene rings is 1. The van der Waals surface area contributed by atoms with E-state index in [1.54, 1.807) is 30.3 Å². The van der Waals surface area contributed by atoms with Gasteiger partial charge in [-0.1, -0.05) is 30.3 Å². The van der Waals surface area contributed by atoms with Crippen LogP contribution in [0.25, 0.3) is 0 Å². The summed E-state index contributed by atoms with van der Waals surface area (Å²) in [5.41, 5.74) is 6.48. The maximum absolute atomic E-state index is 12.8. The Kier molecular flexibility index (Phi) is 8.51. The molecule has 7 N–H and O–H groups in total. The lowest BCUT2D eigenvalue weighted by Gasteiger charge is -2.21. The van der Waals surface area contributed by atoms with E-state index in [1.165, 1.54) is 12.5 Å². The number of hydrogen-bond donors (Lipinski definition) is 6. The number of hydrogen-bond acceptors (Lipinski definition) is 6. The van der Waals surface area contributed by atoms with Crippen LogP contribution in [0.5, 0.6) is 0 Å². The summed E-state index contributed by atoms with van der Waals surface area (Å²) in [6.45, 7) is -0.639. The van der Waals surface area contributed by atoms with E-state index in [0.717, 1.165) is 5.56 Å². The lowest BCUT2D eigenvalue weighted by molar-refractivity contribution is -0.142. The lowest BCUT2D eigenvalue weighted by Crippen LogP contribution is -2.54. The van der Waals surface area contributed by atoms with E-state index in [-0.39, 0.29) is 25.9 Å². The van der Waals surface area contributed by atoms with E-state index >= 15 is 0 Å². The van der Waals surface area contributed by atoms with Crippen LogP contribution in [0.1, 0.15) is 11.3 Å². The van der Waals surface area contributed by atoms with Gasteiger partial charge in [-0.25, -0.2) is 9.78 Å². The second-order valence-corrected chi connectivity index (χ2v) is 6.47. The van der Waals surface area contributed by atoms with Crippen molar-refractivity contribution in [3.63, 3.8) is 0 Å². The topological polar surface area (TPSA) is 179 Å². The molecule has 0 aliphatic rings. The number of aromatic amines is 1. The Morgan fingerprint density at radius 1 is 1.03 bits per heavy atom. The highest BCUT2D eigenvalue weighted by molar-refractivity contribution is 5.92. The predicted molar refractivity (Wildman–Crippen MR) is 106 cm³/mol. The van der Waals surface area contributed by atoms with Crippen LogP contribution in [-0.2, 0) is 32.0 Å². The highest BCUT2D eigenvalue weighted by atomic mass is 16.4. The van der Waals surface area contributed by atoms with E-state index in [4.69, 9.17) is 5.73 Å². The van der Waals surface area contributed by atoms with Crippen molar-refractivity contribution in [2.45, 2.75) is 24.9 Å². The number of nitrogens with two attached hydrogens (primary N) is 1. The van der Waals surface area contributed by atoms with Crippen LogP contribution in [0.15, 0.2) is 42.9 Å². The van der Waals surface area contributed by atoms with E-state index in [9.17, 15) is 24.3 Å². The number of carbonyl (C=O) groups excluding carboxylic acids is 3. The van der Waals surface area contributed by atoms with Crippen molar-refractivity contribution >= 4 is 23.7 Å². The molecular formula is C19H24N6O5. The van der Waals surface area contributed by atoms with Crippen LogP contribution < -0.4 is 21.7 Å². The molecule has 2 atom stereocenters. The number of nitrogens with one attached hydrogen (secondary N) is 4. The van der Waals surface area contributed by atoms with Gasteiger partial charge in [0.05, 0.1) is 19.4 Å². The smallest absolute Gasteiger partial charge is 0.326 e. The molecular weight excluding hydrogens is 392 g/mol. The van der Waals surface area contributed by atoms with Crippen LogP contribution in [0.4, 0.5) is 0 Å². The van der Waals surface area contributed by atoms with Gasteiger partial charge in [0, 0.05) is 24.7 Å². The number of nitrogens with zero attached hydrogens (tertiary/aromatic N) is 1. The summed E-state index contributed by atoms with van der Waals surface area (Å²) in [6, 6.07) is 6.60. The van der Waals surface area contributed by atoms with Crippen molar-refractivity contribution in [1.82, 2.24) is 25.9 Å². The number of amides is 3. The minimum absolute atomic E-state index is 0.0556. The summed E-state index contributed by atoms with van der Waals surface area (Å²) in [6.07, 6.45) is 3.05. The van der Waals surface area contributed by atoms with Gasteiger partial charge < -0.3 is 31.8 Å². The Labute approximate surface area is 172 Å². The highest BCUT2D eigenvalue weighted by Gasteiger charge is 2.27. The number of carboxylic acids is 1. The molecule has 0 aliphatic heterocycles. The monoisotopic (exact) mass is 416 g/mol. The van der Waals surface area contributed by atoms with Crippen molar-refractivity contribution in [3.8, 4) is 0 Å². The fraction of sp³-hybridized carbons (Fsp3) is 0.316. The van der Waals surface area contributed by atoms with E-state index < -0.39 is 35.8 Å². The summed E-state index contributed by atoms with van der Waals surface area (Å²) in [5.74, 6) is -3.01. The summed E-state index contributed by atoms with van der Waals surface area (Å²) in [5, 5.41) is 16.8. The van der Waals surface area contributed by atoms with Crippen LogP contribution in [0.3, 0.4) is 0 Å². The lowest BCUT2D eigenvalue weighted by atomic mass is 10.0. The van der Waals surface area contributed by atoms with Crippen molar-refractivity contribution in [3.05, 3.63) is 54.1 Å². The standard InChI is InChI=1S/C19H24N6O5/c20-8-16(26)22-10-17(27)24-14(7-13-9-21-11-23-13)18(28)25-15(19(29)30)6-12-4-2-1-3-5-12/h1-5,9,11,14-15H,6-8,10,20H2,(H,21,23)(H,22,26)(H,24,27)(H,25,28)(H,29,30). The minimum Gasteiger partial charge on any atom is -0.480 e. The van der Waals surface area contributed by atoms with E-state index in [2.05, 4.69) is 25.9 Å². The van der Waals surface area contributed by atoms with Crippen molar-refractivity contribution in [2.75, 3.05) is 13.1 Å². The van der Waals surface area contributed by atoms with Gasteiger partial charge in [-0.3, -0.25) is 14.4 Å². The first-order valence-electron chi connectivity index (χ1n) is 9.19. The molecule has 11 heteroatoms. The summed E-state index contributed by atoms with van der Waals surface area (Å²) in [4.78, 5) is 54.4. The van der Waals surface area contributed by atoms with Crippen LogP contribution in [0, 0.1) is 0 Å². The number of carboxylic acid groups (broad SMARTS) is 1. The molecule has 3 amide bonds. The molecule has 160 valence electrons. The van der Waals surface area contributed by atoms with Gasteiger partial charge in [0.1, 0.15) is 12.1 Å². The maximum Gasteiger partial charge on any atom is 0.326 e. The first kappa shape index (κ1) is 22.6. The van der Waals surface area contributed by atoms with Crippen molar-refractivity contribution in [1.29, 1.82) is 0 Å². The van der Waals surface area contributed by atoms with Gasteiger partial charge in [-0.05, 0) is 5.56 Å². The Hall–Kier alpha value is -3.73. The SMILES string of the molecule is NCC(=O)NCC(=O)NC(Cc1cnc[nH]1)C(=O)NC(Cc1ccccc1)C(=O)O. The zero-order valence-electron chi connectivity index (χ0n) is 16.1. The summed E-state index contributed by atoms with van der Waals surface area (Å²) in [7, 11) is 0. The van der Waals surface area contributed by atoms with Gasteiger partial charge in [-0.2, -0.15) is 0 Å². The summed E-state index contributed by atoms with van der Waals surface area (Å²) >= 11 is 0. The Bertz CT molecular complexity index is 856. The van der Waals surface area contributed by atoms with E-state index in [0.29, 0.717) is 5.69 Å². The molecule has 0 fully saturated rings. The molecule has 2 aromatic rings. The van der Waals surface area contributed by atoms with Gasteiger partial charge >= 0.3 is 5.97 Å². The number of H-pyrrole nitrogens is 1. The molecule has 1 aromatic heterocycles. The molecule has 0 saturated heterocycles. The van der Waals surface area contributed by atoms with Gasteiger partial charge in [0.15, 0.2) is 0 Å². The molecule has 1 heterocycles. The molecule has 30 heavy (non-hydrogen) atoms. The second kappa shape index (κ2) is 11.3. The molecule has 0 aliphatic carbocycles. The third-order valence-electron chi connectivity index (χ3n) is 4.16. The Morgan fingerprint density at radius 2 is 1.77 bits per heavy atom. The minimum atomic E-state index is -1.20. The number of rotatable bonds is 11. The van der Waals surface area contributed by atoms with E-state index in [1.807, 2.05) is 0 Å². The number of imidazole rings is 1. The summed E-state index contributed by atoms with van der Waals surface area (Å²) < 4.78 is 0. The molecule has 0 bridgehead atoms. The average molecular weight is 416 g/mol. The van der Waals surface area contributed by atoms with Crippen LogP contribution in [0.2, 0.25) is 0 Å². The Balaban J connectivity index is 2.06. The third kappa shape index (κ3) is 7.36.